The lowest BCUT2D eigenvalue weighted by Gasteiger charge is -2.34. The van der Waals surface area contributed by atoms with Crippen LogP contribution in [0.15, 0.2) is 18.2 Å². The summed E-state index contributed by atoms with van der Waals surface area (Å²) in [4.78, 5) is 27.9. The molecule has 0 bridgehead atoms. The number of carbonyl (C=O) groups excluding carboxylic acids is 2. The molecule has 0 saturated carbocycles. The molecule has 0 radical (unpaired) electrons. The van der Waals surface area contributed by atoms with Crippen LogP contribution in [0.25, 0.3) is 10.1 Å². The highest BCUT2D eigenvalue weighted by Crippen LogP contribution is 2.34. The van der Waals surface area contributed by atoms with Crippen LogP contribution in [0, 0.1) is 11.7 Å². The second-order valence-corrected chi connectivity index (χ2v) is 8.59. The summed E-state index contributed by atoms with van der Waals surface area (Å²) < 4.78 is 20.3. The molecule has 1 N–H and O–H groups in total. The molecule has 1 fully saturated rings. The van der Waals surface area contributed by atoms with Gasteiger partial charge in [0.15, 0.2) is 0 Å². The Labute approximate surface area is 175 Å². The number of carbonyl (C=O) groups is 2. The van der Waals surface area contributed by atoms with Gasteiger partial charge in [-0.15, -0.1) is 11.3 Å². The van der Waals surface area contributed by atoms with Gasteiger partial charge in [-0.1, -0.05) is 19.9 Å². The predicted octanol–water partition coefficient (Wildman–Crippen LogP) is 4.34. The summed E-state index contributed by atoms with van der Waals surface area (Å²) in [7, 11) is 1.54. The van der Waals surface area contributed by atoms with Gasteiger partial charge < -0.3 is 15.0 Å². The fourth-order valence-corrected chi connectivity index (χ4v) is 5.15. The second kappa shape index (κ2) is 9.67. The van der Waals surface area contributed by atoms with Crippen molar-refractivity contribution in [3.8, 4) is 0 Å². The van der Waals surface area contributed by atoms with Crippen LogP contribution in [0.3, 0.4) is 0 Å². The molecule has 3 rings (SSSR count). The van der Waals surface area contributed by atoms with E-state index in [1.165, 1.54) is 17.4 Å². The molecule has 1 saturated heterocycles. The number of piperidine rings is 1. The first-order valence-electron chi connectivity index (χ1n) is 10.3. The number of benzene rings is 1. The molecule has 1 aromatic heterocycles. The van der Waals surface area contributed by atoms with Gasteiger partial charge in [0.2, 0.25) is 5.91 Å². The molecule has 1 aliphatic rings. The number of hydrogen-bond acceptors (Lipinski definition) is 4. The minimum atomic E-state index is -0.335. The third-order valence-corrected chi connectivity index (χ3v) is 6.93. The zero-order chi connectivity index (χ0) is 21.0. The van der Waals surface area contributed by atoms with Gasteiger partial charge in [0.05, 0.1) is 11.5 Å². The van der Waals surface area contributed by atoms with Gasteiger partial charge in [0.1, 0.15) is 5.82 Å². The van der Waals surface area contributed by atoms with E-state index >= 15 is 0 Å². The fraction of sp³-hybridized carbons (Fsp3) is 0.545. The number of halogens is 1. The molecule has 7 heteroatoms. The monoisotopic (exact) mass is 420 g/mol. The maximum absolute atomic E-state index is 14.3. The zero-order valence-corrected chi connectivity index (χ0v) is 18.1. The van der Waals surface area contributed by atoms with Gasteiger partial charge in [-0.2, -0.15) is 0 Å². The Morgan fingerprint density at radius 1 is 1.28 bits per heavy atom. The third-order valence-electron chi connectivity index (χ3n) is 5.73. The molecule has 1 aromatic carbocycles. The summed E-state index contributed by atoms with van der Waals surface area (Å²) in [6.45, 7) is 5.60. The molecular formula is C22H29FN2O3S. The van der Waals surface area contributed by atoms with Crippen LogP contribution in [0.1, 0.15) is 54.8 Å². The van der Waals surface area contributed by atoms with E-state index in [0.717, 1.165) is 30.4 Å². The summed E-state index contributed by atoms with van der Waals surface area (Å²) in [5, 5.41) is 3.55. The number of nitrogens with one attached hydrogen (secondary N) is 1. The van der Waals surface area contributed by atoms with E-state index in [9.17, 15) is 14.0 Å². The Hall–Kier alpha value is -1.99. The van der Waals surface area contributed by atoms with E-state index in [2.05, 4.69) is 5.32 Å². The fourth-order valence-electron chi connectivity index (χ4n) is 4.02. The van der Waals surface area contributed by atoms with Gasteiger partial charge in [0, 0.05) is 47.8 Å². The molecule has 0 atom stereocenters. The summed E-state index contributed by atoms with van der Waals surface area (Å²) in [6, 6.07) is 4.89. The number of hydrogen-bond donors (Lipinski definition) is 1. The number of methoxy groups -OCH3 is 1. The first kappa shape index (κ1) is 21.7. The van der Waals surface area contributed by atoms with Gasteiger partial charge in [0.25, 0.3) is 5.91 Å². The Kier molecular flexibility index (Phi) is 7.24. The number of thiophene rings is 1. The van der Waals surface area contributed by atoms with Crippen molar-refractivity contribution in [1.29, 1.82) is 0 Å². The molecule has 1 aliphatic heterocycles. The van der Waals surface area contributed by atoms with E-state index in [0.29, 0.717) is 28.9 Å². The molecule has 158 valence electrons. The summed E-state index contributed by atoms with van der Waals surface area (Å²) in [5.74, 6) is -0.214. The Morgan fingerprint density at radius 3 is 2.59 bits per heavy atom. The van der Waals surface area contributed by atoms with Crippen molar-refractivity contribution in [3.05, 3.63) is 34.5 Å². The van der Waals surface area contributed by atoms with Crippen molar-refractivity contribution in [2.45, 2.75) is 52.2 Å². The smallest absolute Gasteiger partial charge is 0.261 e. The van der Waals surface area contributed by atoms with Gasteiger partial charge in [-0.3, -0.25) is 9.59 Å². The number of ether oxygens (including phenoxy) is 1. The molecule has 0 unspecified atom stereocenters. The van der Waals surface area contributed by atoms with Crippen LogP contribution in [-0.4, -0.2) is 43.0 Å². The summed E-state index contributed by atoms with van der Waals surface area (Å²) in [5.41, 5.74) is 0.601. The molecule has 29 heavy (non-hydrogen) atoms. The number of fused-ring (bicyclic) bond motifs is 1. The molecule has 5 nitrogen and oxygen atoms in total. The van der Waals surface area contributed by atoms with Crippen LogP contribution in [0.4, 0.5) is 4.39 Å². The van der Waals surface area contributed by atoms with Crippen molar-refractivity contribution in [2.75, 3.05) is 20.2 Å². The minimum absolute atomic E-state index is 0.0127. The third kappa shape index (κ3) is 4.61. The van der Waals surface area contributed by atoms with Crippen LogP contribution < -0.4 is 5.32 Å². The number of rotatable bonds is 7. The SMILES string of the molecule is CCC(CC)C(=O)N1CCC(NC(=O)c2sc3cccc(F)c3c2COC)CC1. The average molecular weight is 421 g/mol. The molecule has 2 aromatic rings. The lowest BCUT2D eigenvalue weighted by Crippen LogP contribution is -2.48. The highest BCUT2D eigenvalue weighted by molar-refractivity contribution is 7.21. The first-order chi connectivity index (χ1) is 14.0. The highest BCUT2D eigenvalue weighted by atomic mass is 32.1. The largest absolute Gasteiger partial charge is 0.380 e. The first-order valence-corrected chi connectivity index (χ1v) is 11.1. The Morgan fingerprint density at radius 2 is 1.97 bits per heavy atom. The number of amides is 2. The lowest BCUT2D eigenvalue weighted by atomic mass is 9.98. The summed E-state index contributed by atoms with van der Waals surface area (Å²) in [6.07, 6.45) is 3.18. The highest BCUT2D eigenvalue weighted by Gasteiger charge is 2.28. The van der Waals surface area contributed by atoms with Crippen LogP contribution >= 0.6 is 11.3 Å². The minimum Gasteiger partial charge on any atom is -0.380 e. The van der Waals surface area contributed by atoms with Gasteiger partial charge in [-0.25, -0.2) is 4.39 Å². The molecular weight excluding hydrogens is 391 g/mol. The normalized spacial score (nSPS) is 15.3. The van der Waals surface area contributed by atoms with Crippen molar-refractivity contribution in [3.63, 3.8) is 0 Å². The average Bonchev–Trinajstić information content (AvgIpc) is 3.09. The van der Waals surface area contributed by atoms with Crippen molar-refractivity contribution in [1.82, 2.24) is 10.2 Å². The van der Waals surface area contributed by atoms with E-state index in [-0.39, 0.29) is 36.2 Å². The molecule has 2 heterocycles. The molecule has 0 aliphatic carbocycles. The van der Waals surface area contributed by atoms with Crippen LogP contribution in [-0.2, 0) is 16.1 Å². The number of likely N-dealkylation sites (tertiary alicyclic amines) is 1. The van der Waals surface area contributed by atoms with Crippen LogP contribution in [0.5, 0.6) is 0 Å². The van der Waals surface area contributed by atoms with Crippen LogP contribution in [0.2, 0.25) is 0 Å². The van der Waals surface area contributed by atoms with E-state index < -0.39 is 0 Å². The zero-order valence-electron chi connectivity index (χ0n) is 17.3. The lowest BCUT2D eigenvalue weighted by molar-refractivity contribution is -0.136. The Bertz CT molecular complexity index is 870. The Balaban J connectivity index is 1.68. The predicted molar refractivity (Wildman–Crippen MR) is 114 cm³/mol. The van der Waals surface area contributed by atoms with Gasteiger partial charge in [-0.05, 0) is 37.8 Å². The quantitative estimate of drug-likeness (QED) is 0.725. The molecule has 0 spiro atoms. The maximum atomic E-state index is 14.3. The topological polar surface area (TPSA) is 58.6 Å². The van der Waals surface area contributed by atoms with E-state index in [1.807, 2.05) is 24.8 Å². The standard InChI is InChI=1S/C22H29FN2O3S/c1-4-14(5-2)22(27)25-11-9-15(10-12-25)24-21(26)20-16(13-28-3)19-17(23)7-6-8-18(19)29-20/h6-8,14-15H,4-5,9-13H2,1-3H3,(H,24,26). The van der Waals surface area contributed by atoms with Gasteiger partial charge >= 0.3 is 0 Å². The summed E-state index contributed by atoms with van der Waals surface area (Å²) >= 11 is 1.29. The van der Waals surface area contributed by atoms with E-state index in [4.69, 9.17) is 4.74 Å². The van der Waals surface area contributed by atoms with Crippen molar-refractivity contribution in [2.24, 2.45) is 5.92 Å². The van der Waals surface area contributed by atoms with Crippen molar-refractivity contribution < 1.29 is 18.7 Å². The second-order valence-electron chi connectivity index (χ2n) is 7.54. The maximum Gasteiger partial charge on any atom is 0.261 e. The molecule has 2 amide bonds. The van der Waals surface area contributed by atoms with E-state index in [1.54, 1.807) is 13.2 Å². The number of nitrogens with zero attached hydrogens (tertiary/aromatic N) is 1. The van der Waals surface area contributed by atoms with Crippen molar-refractivity contribution >= 4 is 33.2 Å².